The van der Waals surface area contributed by atoms with Crippen LogP contribution in [-0.4, -0.2) is 23.9 Å². The van der Waals surface area contributed by atoms with Crippen LogP contribution < -0.4 is 10.7 Å². The highest BCUT2D eigenvalue weighted by atomic mass is 32.2. The average molecular weight is 480 g/mol. The topological polar surface area (TPSA) is 98.1 Å². The number of aryl methyl sites for hydroxylation is 3. The number of aromatic nitrogens is 2. The summed E-state index contributed by atoms with van der Waals surface area (Å²) in [7, 11) is -4.18. The molecule has 0 atom stereocenters. The maximum atomic E-state index is 13.5. The van der Waals surface area contributed by atoms with E-state index >= 15 is 0 Å². The van der Waals surface area contributed by atoms with Crippen LogP contribution in [0.3, 0.4) is 0 Å². The highest BCUT2D eigenvalue weighted by Crippen LogP contribution is 2.25. The lowest BCUT2D eigenvalue weighted by atomic mass is 10.2. The Morgan fingerprint density at radius 1 is 1.00 bits per heavy atom. The van der Waals surface area contributed by atoms with E-state index in [4.69, 9.17) is 0 Å². The summed E-state index contributed by atoms with van der Waals surface area (Å²) in [6.07, 6.45) is 1.17. The molecule has 1 amide bonds. The van der Waals surface area contributed by atoms with Crippen LogP contribution >= 0.6 is 0 Å². The standard InChI is InChI=1S/C25H22FN3O4S/c1-15-4-5-16(2)21(12-15)34(32,33)22-13-29(25-20(24(22)31)11-6-17(3)27-25)14-23(30)28-19-9-7-18(26)8-10-19/h4-13H,14H2,1-3H3,(H,28,30). The summed E-state index contributed by atoms with van der Waals surface area (Å²) >= 11 is 0. The summed E-state index contributed by atoms with van der Waals surface area (Å²) in [5.41, 5.74) is 1.74. The normalized spacial score (nSPS) is 11.5. The number of nitrogens with one attached hydrogen (secondary N) is 1. The van der Waals surface area contributed by atoms with Crippen molar-refractivity contribution in [3.05, 3.63) is 93.7 Å². The van der Waals surface area contributed by atoms with E-state index in [9.17, 15) is 22.4 Å². The van der Waals surface area contributed by atoms with E-state index in [0.29, 0.717) is 16.9 Å². The molecule has 9 heteroatoms. The number of carbonyl (C=O) groups excluding carboxylic acids is 1. The van der Waals surface area contributed by atoms with Crippen molar-refractivity contribution in [1.82, 2.24) is 9.55 Å². The van der Waals surface area contributed by atoms with Gasteiger partial charge >= 0.3 is 0 Å². The van der Waals surface area contributed by atoms with E-state index in [0.717, 1.165) is 5.56 Å². The second-order valence-corrected chi connectivity index (χ2v) is 9.99. The third-order valence-corrected chi connectivity index (χ3v) is 7.28. The Morgan fingerprint density at radius 2 is 1.71 bits per heavy atom. The van der Waals surface area contributed by atoms with Crippen LogP contribution in [-0.2, 0) is 21.2 Å². The molecule has 2 heterocycles. The van der Waals surface area contributed by atoms with Crippen molar-refractivity contribution in [3.63, 3.8) is 0 Å². The molecule has 0 spiro atoms. The Balaban J connectivity index is 1.85. The number of nitrogens with zero attached hydrogens (tertiary/aromatic N) is 2. The second kappa shape index (κ2) is 8.83. The van der Waals surface area contributed by atoms with Crippen LogP contribution in [0.15, 0.2) is 75.4 Å². The number of halogens is 1. The largest absolute Gasteiger partial charge is 0.325 e. The minimum absolute atomic E-state index is 0.0336. The minimum Gasteiger partial charge on any atom is -0.325 e. The lowest BCUT2D eigenvalue weighted by Crippen LogP contribution is -2.24. The first-order valence-corrected chi connectivity index (χ1v) is 11.9. The highest BCUT2D eigenvalue weighted by molar-refractivity contribution is 7.91. The maximum Gasteiger partial charge on any atom is 0.244 e. The van der Waals surface area contributed by atoms with Gasteiger partial charge in [-0.05, 0) is 74.4 Å². The van der Waals surface area contributed by atoms with E-state index < -0.39 is 31.9 Å². The molecule has 0 radical (unpaired) electrons. The molecule has 0 bridgehead atoms. The van der Waals surface area contributed by atoms with Crippen molar-refractivity contribution in [1.29, 1.82) is 0 Å². The fourth-order valence-corrected chi connectivity index (χ4v) is 5.34. The number of benzene rings is 2. The smallest absolute Gasteiger partial charge is 0.244 e. The van der Waals surface area contributed by atoms with Gasteiger partial charge in [0, 0.05) is 17.6 Å². The molecule has 0 aliphatic rings. The number of pyridine rings is 2. The molecule has 0 fully saturated rings. The van der Waals surface area contributed by atoms with E-state index in [1.165, 1.54) is 47.2 Å². The zero-order chi connectivity index (χ0) is 24.6. The van der Waals surface area contributed by atoms with Gasteiger partial charge in [-0.3, -0.25) is 9.59 Å². The number of fused-ring (bicyclic) bond motifs is 1. The third-order valence-electron chi connectivity index (χ3n) is 5.39. The van der Waals surface area contributed by atoms with Gasteiger partial charge in [-0.1, -0.05) is 12.1 Å². The van der Waals surface area contributed by atoms with Gasteiger partial charge in [0.15, 0.2) is 0 Å². The fraction of sp³-hybridized carbons (Fsp3) is 0.160. The van der Waals surface area contributed by atoms with Gasteiger partial charge < -0.3 is 9.88 Å². The van der Waals surface area contributed by atoms with Gasteiger partial charge in [0.05, 0.1) is 10.3 Å². The molecular formula is C25H22FN3O4S. The Hall–Kier alpha value is -3.85. The number of carbonyl (C=O) groups is 1. The molecule has 0 unspecified atom stereocenters. The molecule has 0 saturated heterocycles. The third kappa shape index (κ3) is 4.47. The van der Waals surface area contributed by atoms with E-state index in [1.54, 1.807) is 39.0 Å². The summed E-state index contributed by atoms with van der Waals surface area (Å²) in [6, 6.07) is 13.4. The number of anilines is 1. The van der Waals surface area contributed by atoms with Crippen LogP contribution in [0.1, 0.15) is 16.8 Å². The Bertz CT molecular complexity index is 1590. The second-order valence-electron chi connectivity index (χ2n) is 8.10. The van der Waals surface area contributed by atoms with Gasteiger partial charge in [0.2, 0.25) is 21.2 Å². The molecule has 2 aromatic carbocycles. The number of hydrogen-bond donors (Lipinski definition) is 1. The molecule has 1 N–H and O–H groups in total. The molecule has 174 valence electrons. The van der Waals surface area contributed by atoms with Gasteiger partial charge in [-0.2, -0.15) is 0 Å². The molecule has 4 rings (SSSR count). The van der Waals surface area contributed by atoms with E-state index in [2.05, 4.69) is 10.3 Å². The SMILES string of the molecule is Cc1ccc(C)c(S(=O)(=O)c2cn(CC(=O)Nc3ccc(F)cc3)c3nc(C)ccc3c2=O)c1. The van der Waals surface area contributed by atoms with Gasteiger partial charge in [0.25, 0.3) is 0 Å². The van der Waals surface area contributed by atoms with E-state index in [-0.39, 0.29) is 22.5 Å². The first-order chi connectivity index (χ1) is 16.1. The monoisotopic (exact) mass is 479 g/mol. The fourth-order valence-electron chi connectivity index (χ4n) is 3.65. The van der Waals surface area contributed by atoms with Crippen LogP contribution in [0.4, 0.5) is 10.1 Å². The van der Waals surface area contributed by atoms with Crippen LogP contribution in [0, 0.1) is 26.6 Å². The van der Waals surface area contributed by atoms with Crippen LogP contribution in [0.2, 0.25) is 0 Å². The van der Waals surface area contributed by atoms with Crippen molar-refractivity contribution in [2.24, 2.45) is 0 Å². The van der Waals surface area contributed by atoms with Crippen molar-refractivity contribution < 1.29 is 17.6 Å². The van der Waals surface area contributed by atoms with Crippen molar-refractivity contribution in [3.8, 4) is 0 Å². The molecule has 0 saturated carbocycles. The molecular weight excluding hydrogens is 457 g/mol. The van der Waals surface area contributed by atoms with Gasteiger partial charge in [-0.15, -0.1) is 0 Å². The molecule has 7 nitrogen and oxygen atoms in total. The number of amides is 1. The Labute approximate surface area is 195 Å². The van der Waals surface area contributed by atoms with Crippen LogP contribution in [0.5, 0.6) is 0 Å². The van der Waals surface area contributed by atoms with Crippen LogP contribution in [0.25, 0.3) is 11.0 Å². The lowest BCUT2D eigenvalue weighted by molar-refractivity contribution is -0.116. The minimum atomic E-state index is -4.18. The summed E-state index contributed by atoms with van der Waals surface area (Å²) < 4.78 is 41.6. The summed E-state index contributed by atoms with van der Waals surface area (Å²) in [4.78, 5) is 29.9. The molecule has 0 aliphatic carbocycles. The predicted molar refractivity (Wildman–Crippen MR) is 127 cm³/mol. The number of sulfone groups is 1. The number of rotatable bonds is 5. The molecule has 0 aliphatic heterocycles. The Morgan fingerprint density at radius 3 is 2.41 bits per heavy atom. The quantitative estimate of drug-likeness (QED) is 0.468. The first-order valence-electron chi connectivity index (χ1n) is 10.4. The zero-order valence-electron chi connectivity index (χ0n) is 18.8. The average Bonchev–Trinajstić information content (AvgIpc) is 2.78. The lowest BCUT2D eigenvalue weighted by Gasteiger charge is -2.15. The maximum absolute atomic E-state index is 13.5. The Kier molecular flexibility index (Phi) is 6.05. The van der Waals surface area contributed by atoms with E-state index in [1.807, 2.05) is 0 Å². The first kappa shape index (κ1) is 23.3. The number of hydrogen-bond acceptors (Lipinski definition) is 5. The highest BCUT2D eigenvalue weighted by Gasteiger charge is 2.26. The molecule has 4 aromatic rings. The van der Waals surface area contributed by atoms with Crippen molar-refractivity contribution in [2.75, 3.05) is 5.32 Å². The van der Waals surface area contributed by atoms with Gasteiger partial charge in [-0.25, -0.2) is 17.8 Å². The summed E-state index contributed by atoms with van der Waals surface area (Å²) in [5.74, 6) is -0.930. The predicted octanol–water partition coefficient (Wildman–Crippen LogP) is 3.93. The molecule has 34 heavy (non-hydrogen) atoms. The van der Waals surface area contributed by atoms with Crippen molar-refractivity contribution >= 4 is 32.5 Å². The molecule has 2 aromatic heterocycles. The summed E-state index contributed by atoms with van der Waals surface area (Å²) in [5, 5.41) is 2.73. The van der Waals surface area contributed by atoms with Crippen molar-refractivity contribution in [2.45, 2.75) is 37.1 Å². The summed E-state index contributed by atoms with van der Waals surface area (Å²) in [6.45, 7) is 4.85. The zero-order valence-corrected chi connectivity index (χ0v) is 19.6. The van der Waals surface area contributed by atoms with Gasteiger partial charge in [0.1, 0.15) is 22.9 Å².